The van der Waals surface area contributed by atoms with E-state index in [1.54, 1.807) is 29.2 Å². The molecule has 1 saturated heterocycles. The van der Waals surface area contributed by atoms with Gasteiger partial charge in [-0.05, 0) is 54.3 Å². The summed E-state index contributed by atoms with van der Waals surface area (Å²) in [6, 6.07) is 9.68. The second-order valence-corrected chi connectivity index (χ2v) is 8.31. The minimum Gasteiger partial charge on any atom is -0.322 e. The van der Waals surface area contributed by atoms with Crippen LogP contribution in [0.3, 0.4) is 0 Å². The third-order valence-electron chi connectivity index (χ3n) is 5.96. The summed E-state index contributed by atoms with van der Waals surface area (Å²) in [6.07, 6.45) is 1.28. The van der Waals surface area contributed by atoms with E-state index in [0.29, 0.717) is 29.2 Å². The molecule has 0 radical (unpaired) electrons. The van der Waals surface area contributed by atoms with Crippen molar-refractivity contribution in [3.63, 3.8) is 0 Å². The molecular formula is C22H19ClN4O4. The van der Waals surface area contributed by atoms with E-state index in [2.05, 4.69) is 10.6 Å². The van der Waals surface area contributed by atoms with E-state index < -0.39 is 11.9 Å². The van der Waals surface area contributed by atoms with Crippen molar-refractivity contribution in [2.24, 2.45) is 0 Å². The Bertz CT molecular complexity index is 1150. The topological polar surface area (TPSA) is 98.8 Å². The molecule has 3 heterocycles. The van der Waals surface area contributed by atoms with E-state index in [9.17, 15) is 19.2 Å². The molecule has 3 aliphatic heterocycles. The summed E-state index contributed by atoms with van der Waals surface area (Å²) < 4.78 is 0. The molecule has 31 heavy (non-hydrogen) atoms. The summed E-state index contributed by atoms with van der Waals surface area (Å²) in [5.74, 6) is -1.01. The highest BCUT2D eigenvalue weighted by atomic mass is 35.5. The van der Waals surface area contributed by atoms with Gasteiger partial charge in [-0.3, -0.25) is 24.6 Å². The Balaban J connectivity index is 1.32. The van der Waals surface area contributed by atoms with E-state index in [1.165, 1.54) is 4.90 Å². The van der Waals surface area contributed by atoms with Crippen LogP contribution in [0.2, 0.25) is 5.02 Å². The van der Waals surface area contributed by atoms with Gasteiger partial charge in [-0.2, -0.15) is 0 Å². The molecular weight excluding hydrogens is 420 g/mol. The van der Waals surface area contributed by atoms with Gasteiger partial charge in [0.15, 0.2) is 0 Å². The van der Waals surface area contributed by atoms with Crippen molar-refractivity contribution in [2.75, 3.05) is 16.8 Å². The Labute approximate surface area is 183 Å². The predicted octanol–water partition coefficient (Wildman–Crippen LogP) is 2.70. The molecule has 1 atom stereocenters. The number of nitrogens with zero attached hydrogens (tertiary/aromatic N) is 2. The lowest BCUT2D eigenvalue weighted by Gasteiger charge is -2.29. The van der Waals surface area contributed by atoms with Crippen molar-refractivity contribution < 1.29 is 19.2 Å². The first-order valence-electron chi connectivity index (χ1n) is 10.1. The Morgan fingerprint density at radius 1 is 1.06 bits per heavy atom. The van der Waals surface area contributed by atoms with Crippen LogP contribution in [0.15, 0.2) is 36.4 Å². The standard InChI is InChI=1S/C22H19ClN4O4/c23-14-2-1-12-7-8-26(18(12)10-14)22(31)24-15-3-4-16-13(9-15)11-27(21(16)30)17-5-6-19(28)25-20(17)29/h1-4,9-10,17H,5-8,11H2,(H,24,31)(H,25,28,29). The fourth-order valence-electron chi connectivity index (χ4n) is 4.41. The number of carbonyl (C=O) groups is 4. The van der Waals surface area contributed by atoms with E-state index in [-0.39, 0.29) is 30.8 Å². The molecule has 0 spiro atoms. The Kier molecular flexibility index (Phi) is 4.66. The highest BCUT2D eigenvalue weighted by Gasteiger charge is 2.39. The van der Waals surface area contributed by atoms with Crippen molar-refractivity contribution in [3.8, 4) is 0 Å². The number of nitrogens with one attached hydrogen (secondary N) is 2. The van der Waals surface area contributed by atoms with Gasteiger partial charge in [-0.1, -0.05) is 17.7 Å². The number of rotatable bonds is 2. The highest BCUT2D eigenvalue weighted by molar-refractivity contribution is 6.31. The molecule has 5 amide bonds. The van der Waals surface area contributed by atoms with Crippen LogP contribution in [0.5, 0.6) is 0 Å². The normalized spacial score (nSPS) is 19.9. The molecule has 0 bridgehead atoms. The van der Waals surface area contributed by atoms with Crippen LogP contribution in [0.4, 0.5) is 16.2 Å². The average Bonchev–Trinajstić information content (AvgIpc) is 3.29. The number of fused-ring (bicyclic) bond motifs is 2. The lowest BCUT2D eigenvalue weighted by atomic mass is 10.0. The third-order valence-corrected chi connectivity index (χ3v) is 6.20. The minimum atomic E-state index is -0.665. The summed E-state index contributed by atoms with van der Waals surface area (Å²) >= 11 is 6.09. The summed E-state index contributed by atoms with van der Waals surface area (Å²) in [7, 11) is 0. The van der Waals surface area contributed by atoms with Gasteiger partial charge in [0.05, 0.1) is 5.69 Å². The van der Waals surface area contributed by atoms with Crippen LogP contribution >= 0.6 is 11.6 Å². The van der Waals surface area contributed by atoms with E-state index in [4.69, 9.17) is 11.6 Å². The molecule has 2 aromatic rings. The van der Waals surface area contributed by atoms with Crippen LogP contribution in [0, 0.1) is 0 Å². The number of amides is 5. The fourth-order valence-corrected chi connectivity index (χ4v) is 4.57. The van der Waals surface area contributed by atoms with Crippen molar-refractivity contribution in [1.82, 2.24) is 10.2 Å². The number of carbonyl (C=O) groups excluding carboxylic acids is 4. The molecule has 0 aromatic heterocycles. The lowest BCUT2D eigenvalue weighted by molar-refractivity contribution is -0.136. The first-order chi connectivity index (χ1) is 14.9. The van der Waals surface area contributed by atoms with Gasteiger partial charge in [-0.25, -0.2) is 4.79 Å². The number of piperidine rings is 1. The average molecular weight is 439 g/mol. The Hall–Kier alpha value is -3.39. The minimum absolute atomic E-state index is 0.208. The van der Waals surface area contributed by atoms with Crippen molar-refractivity contribution in [1.29, 1.82) is 0 Å². The van der Waals surface area contributed by atoms with E-state index >= 15 is 0 Å². The Morgan fingerprint density at radius 3 is 2.71 bits per heavy atom. The molecule has 2 N–H and O–H groups in total. The maximum atomic E-state index is 12.8. The monoisotopic (exact) mass is 438 g/mol. The van der Waals surface area contributed by atoms with Crippen LogP contribution in [0.25, 0.3) is 0 Å². The molecule has 2 aromatic carbocycles. The molecule has 1 fully saturated rings. The second-order valence-electron chi connectivity index (χ2n) is 7.88. The zero-order chi connectivity index (χ0) is 21.7. The smallest absolute Gasteiger partial charge is 0.322 e. The van der Waals surface area contributed by atoms with Gasteiger partial charge >= 0.3 is 6.03 Å². The SMILES string of the molecule is O=C1CCC(N2Cc3cc(NC(=O)N4CCc5ccc(Cl)cc54)ccc3C2=O)C(=O)N1. The lowest BCUT2D eigenvalue weighted by Crippen LogP contribution is -2.52. The summed E-state index contributed by atoms with van der Waals surface area (Å²) in [5.41, 5.74) is 3.67. The zero-order valence-corrected chi connectivity index (χ0v) is 17.2. The third kappa shape index (κ3) is 3.42. The van der Waals surface area contributed by atoms with Gasteiger partial charge in [0.1, 0.15) is 6.04 Å². The first kappa shape index (κ1) is 19.6. The van der Waals surface area contributed by atoms with Crippen LogP contribution < -0.4 is 15.5 Å². The van der Waals surface area contributed by atoms with Crippen LogP contribution in [0.1, 0.15) is 34.3 Å². The maximum absolute atomic E-state index is 12.8. The largest absolute Gasteiger partial charge is 0.326 e. The summed E-state index contributed by atoms with van der Waals surface area (Å²) in [6.45, 7) is 0.820. The van der Waals surface area contributed by atoms with Gasteiger partial charge in [0, 0.05) is 35.8 Å². The second kappa shape index (κ2) is 7.39. The number of halogens is 1. The van der Waals surface area contributed by atoms with E-state index in [1.807, 2.05) is 12.1 Å². The number of anilines is 2. The van der Waals surface area contributed by atoms with Gasteiger partial charge in [0.2, 0.25) is 11.8 Å². The fraction of sp³-hybridized carbons (Fsp3) is 0.273. The van der Waals surface area contributed by atoms with Crippen molar-refractivity contribution >= 4 is 46.7 Å². The molecule has 0 aliphatic carbocycles. The molecule has 5 rings (SSSR count). The number of urea groups is 1. The molecule has 8 nitrogen and oxygen atoms in total. The van der Waals surface area contributed by atoms with Gasteiger partial charge < -0.3 is 10.2 Å². The summed E-state index contributed by atoms with van der Waals surface area (Å²) in [5, 5.41) is 5.75. The highest BCUT2D eigenvalue weighted by Crippen LogP contribution is 2.32. The number of hydrogen-bond acceptors (Lipinski definition) is 4. The zero-order valence-electron chi connectivity index (χ0n) is 16.5. The van der Waals surface area contributed by atoms with Crippen LogP contribution in [-0.2, 0) is 22.6 Å². The van der Waals surface area contributed by atoms with E-state index in [0.717, 1.165) is 23.2 Å². The molecule has 1 unspecified atom stereocenters. The Morgan fingerprint density at radius 2 is 1.90 bits per heavy atom. The summed E-state index contributed by atoms with van der Waals surface area (Å²) in [4.78, 5) is 52.3. The first-order valence-corrected chi connectivity index (χ1v) is 10.4. The molecule has 3 aliphatic rings. The quantitative estimate of drug-likeness (QED) is 0.704. The van der Waals surface area contributed by atoms with Gasteiger partial charge in [-0.15, -0.1) is 0 Å². The van der Waals surface area contributed by atoms with Crippen molar-refractivity contribution in [2.45, 2.75) is 31.8 Å². The van der Waals surface area contributed by atoms with Gasteiger partial charge in [0.25, 0.3) is 5.91 Å². The number of hydrogen-bond donors (Lipinski definition) is 2. The predicted molar refractivity (Wildman–Crippen MR) is 114 cm³/mol. The van der Waals surface area contributed by atoms with Crippen LogP contribution in [-0.4, -0.2) is 41.2 Å². The van der Waals surface area contributed by atoms with Crippen molar-refractivity contribution in [3.05, 3.63) is 58.1 Å². The number of benzene rings is 2. The number of imide groups is 1. The molecule has 158 valence electrons. The molecule has 9 heteroatoms. The molecule has 0 saturated carbocycles. The maximum Gasteiger partial charge on any atom is 0.326 e.